The van der Waals surface area contributed by atoms with E-state index in [1.165, 1.54) is 0 Å². The summed E-state index contributed by atoms with van der Waals surface area (Å²) in [6, 6.07) is 0. The molecular formula is C23H46O4. The van der Waals surface area contributed by atoms with Crippen LogP contribution < -0.4 is 0 Å². The zero-order chi connectivity index (χ0) is 20.8. The molecule has 1 rings (SSSR count). The molecule has 1 saturated carbocycles. The third kappa shape index (κ3) is 8.39. The van der Waals surface area contributed by atoms with Crippen LogP contribution in [0.15, 0.2) is 0 Å². The summed E-state index contributed by atoms with van der Waals surface area (Å²) in [6.07, 6.45) is 9.26. The monoisotopic (exact) mass is 386 g/mol. The molecule has 0 saturated heterocycles. The van der Waals surface area contributed by atoms with Crippen LogP contribution in [-0.2, 0) is 19.6 Å². The Kier molecular flexibility index (Phi) is 9.26. The van der Waals surface area contributed by atoms with Crippen LogP contribution in [0.2, 0.25) is 0 Å². The van der Waals surface area contributed by atoms with Crippen molar-refractivity contribution in [2.45, 2.75) is 137 Å². The predicted octanol–water partition coefficient (Wildman–Crippen LogP) is 7.36. The van der Waals surface area contributed by atoms with E-state index in [-0.39, 0.29) is 22.5 Å². The van der Waals surface area contributed by atoms with Gasteiger partial charge in [-0.3, -0.25) is 0 Å². The van der Waals surface area contributed by atoms with Gasteiger partial charge >= 0.3 is 0 Å². The molecule has 1 fully saturated rings. The molecule has 0 bridgehead atoms. The van der Waals surface area contributed by atoms with Gasteiger partial charge in [0.15, 0.2) is 0 Å². The molecule has 1 atom stereocenters. The molecule has 4 nitrogen and oxygen atoms in total. The van der Waals surface area contributed by atoms with Crippen LogP contribution in [0.3, 0.4) is 0 Å². The Morgan fingerprint density at radius 2 is 1.26 bits per heavy atom. The van der Waals surface area contributed by atoms with E-state index in [1.54, 1.807) is 0 Å². The summed E-state index contributed by atoms with van der Waals surface area (Å²) in [5, 5.41) is 0. The molecule has 0 amide bonds. The van der Waals surface area contributed by atoms with Crippen molar-refractivity contribution in [3.05, 3.63) is 0 Å². The van der Waals surface area contributed by atoms with Gasteiger partial charge in [0.1, 0.15) is 0 Å². The highest BCUT2D eigenvalue weighted by molar-refractivity contribution is 4.89. The summed E-state index contributed by atoms with van der Waals surface area (Å²) in [6.45, 7) is 19.5. The number of unbranched alkanes of at least 4 members (excludes halogenated alkanes) is 2. The fourth-order valence-corrected chi connectivity index (χ4v) is 3.76. The Morgan fingerprint density at radius 1 is 0.815 bits per heavy atom. The number of rotatable bonds is 12. The van der Waals surface area contributed by atoms with Crippen molar-refractivity contribution in [1.82, 2.24) is 0 Å². The van der Waals surface area contributed by atoms with Gasteiger partial charge in [-0.05, 0) is 58.8 Å². The van der Waals surface area contributed by atoms with E-state index >= 15 is 0 Å². The van der Waals surface area contributed by atoms with Crippen molar-refractivity contribution < 1.29 is 19.6 Å². The van der Waals surface area contributed by atoms with Gasteiger partial charge in [0, 0.05) is 12.3 Å². The molecule has 0 heterocycles. The second-order valence-electron chi connectivity index (χ2n) is 10.6. The summed E-state index contributed by atoms with van der Waals surface area (Å²) < 4.78 is 0. The molecule has 1 unspecified atom stereocenters. The summed E-state index contributed by atoms with van der Waals surface area (Å²) >= 11 is 0. The van der Waals surface area contributed by atoms with Gasteiger partial charge < -0.3 is 0 Å². The molecule has 0 aromatic carbocycles. The molecule has 1 aliphatic rings. The quantitative estimate of drug-likeness (QED) is 0.199. The van der Waals surface area contributed by atoms with E-state index in [0.29, 0.717) is 0 Å². The molecule has 0 radical (unpaired) electrons. The fraction of sp³-hybridized carbons (Fsp3) is 1.00. The lowest BCUT2D eigenvalue weighted by Gasteiger charge is -2.47. The van der Waals surface area contributed by atoms with Crippen LogP contribution in [0.25, 0.3) is 0 Å². The largest absolute Gasteiger partial charge is 0.236 e. The van der Waals surface area contributed by atoms with Gasteiger partial charge in [-0.15, -0.1) is 0 Å². The van der Waals surface area contributed by atoms with Crippen molar-refractivity contribution in [1.29, 1.82) is 0 Å². The third-order valence-electron chi connectivity index (χ3n) is 5.84. The van der Waals surface area contributed by atoms with Crippen LogP contribution in [0.5, 0.6) is 0 Å². The minimum atomic E-state index is -0.845. The average Bonchev–Trinajstić information content (AvgIpc) is 2.57. The Morgan fingerprint density at radius 3 is 1.63 bits per heavy atom. The molecule has 27 heavy (non-hydrogen) atoms. The first-order valence-electron chi connectivity index (χ1n) is 11.1. The minimum Gasteiger partial charge on any atom is -0.228 e. The molecule has 0 spiro atoms. The van der Waals surface area contributed by atoms with E-state index in [1.807, 2.05) is 0 Å². The topological polar surface area (TPSA) is 36.9 Å². The van der Waals surface area contributed by atoms with Crippen molar-refractivity contribution in [2.24, 2.45) is 11.3 Å². The predicted molar refractivity (Wildman–Crippen MR) is 111 cm³/mol. The van der Waals surface area contributed by atoms with Gasteiger partial charge in [-0.25, -0.2) is 9.78 Å². The fourth-order valence-electron chi connectivity index (χ4n) is 3.76. The van der Waals surface area contributed by atoms with Gasteiger partial charge in [-0.2, -0.15) is 9.78 Å². The lowest BCUT2D eigenvalue weighted by Crippen LogP contribution is -2.51. The van der Waals surface area contributed by atoms with Crippen LogP contribution in [0.4, 0.5) is 0 Å². The number of hydrogen-bond acceptors (Lipinski definition) is 4. The molecule has 0 aliphatic heterocycles. The first kappa shape index (κ1) is 24.9. The van der Waals surface area contributed by atoms with Crippen molar-refractivity contribution in [3.8, 4) is 0 Å². The number of hydrogen-bond donors (Lipinski definition) is 0. The Hall–Kier alpha value is -0.160. The minimum absolute atomic E-state index is 0.185. The molecular weight excluding hydrogens is 340 g/mol. The van der Waals surface area contributed by atoms with Gasteiger partial charge in [0.2, 0.25) is 5.79 Å². The highest BCUT2D eigenvalue weighted by Crippen LogP contribution is 2.47. The maximum Gasteiger partial charge on any atom is 0.236 e. The summed E-state index contributed by atoms with van der Waals surface area (Å²) in [7, 11) is 0. The summed E-state index contributed by atoms with van der Waals surface area (Å²) in [5.41, 5.74) is -0.390. The van der Waals surface area contributed by atoms with Gasteiger partial charge in [-0.1, -0.05) is 60.3 Å². The maximum atomic E-state index is 6.09. The van der Waals surface area contributed by atoms with Crippen molar-refractivity contribution in [3.63, 3.8) is 0 Å². The highest BCUT2D eigenvalue weighted by Gasteiger charge is 2.50. The Bertz CT molecular complexity index is 404. The van der Waals surface area contributed by atoms with Crippen molar-refractivity contribution >= 4 is 0 Å². The normalized spacial score (nSPS) is 22.8. The molecule has 162 valence electrons. The second kappa shape index (κ2) is 10.0. The highest BCUT2D eigenvalue weighted by atomic mass is 17.3. The average molecular weight is 387 g/mol. The summed E-state index contributed by atoms with van der Waals surface area (Å²) in [5.74, 6) is -0.659. The van der Waals surface area contributed by atoms with Crippen LogP contribution in [0, 0.1) is 11.3 Å². The molecule has 0 aromatic rings. The van der Waals surface area contributed by atoms with Crippen LogP contribution in [-0.4, -0.2) is 17.0 Å². The van der Waals surface area contributed by atoms with Gasteiger partial charge in [0.05, 0.1) is 11.2 Å². The molecule has 0 aromatic heterocycles. The second-order valence-corrected chi connectivity index (χ2v) is 10.6. The smallest absolute Gasteiger partial charge is 0.228 e. The maximum absolute atomic E-state index is 6.09. The van der Waals surface area contributed by atoms with Gasteiger partial charge in [0.25, 0.3) is 0 Å². The van der Waals surface area contributed by atoms with Crippen LogP contribution in [0.1, 0.15) is 120 Å². The first-order valence-corrected chi connectivity index (χ1v) is 11.1. The molecule has 4 heteroatoms. The van der Waals surface area contributed by atoms with Crippen LogP contribution >= 0.6 is 0 Å². The van der Waals surface area contributed by atoms with E-state index in [4.69, 9.17) is 19.6 Å². The standard InChI is InChI=1S/C23H46O4/c1-10-12-14-21(6,7)24-26-23(17-16-20(4,5)18-19(23)3)27-25-22(8,9)15-13-11-2/h19H,10-18H2,1-9H3. The third-order valence-corrected chi connectivity index (χ3v) is 5.84. The summed E-state index contributed by atoms with van der Waals surface area (Å²) in [4.78, 5) is 24.1. The Labute approximate surface area is 168 Å². The van der Waals surface area contributed by atoms with E-state index in [9.17, 15) is 0 Å². The zero-order valence-corrected chi connectivity index (χ0v) is 19.6. The molecule has 0 N–H and O–H groups in total. The van der Waals surface area contributed by atoms with E-state index < -0.39 is 5.79 Å². The van der Waals surface area contributed by atoms with E-state index in [2.05, 4.69) is 62.3 Å². The van der Waals surface area contributed by atoms with E-state index in [0.717, 1.165) is 57.8 Å². The van der Waals surface area contributed by atoms with Crippen molar-refractivity contribution in [2.75, 3.05) is 0 Å². The lowest BCUT2D eigenvalue weighted by atomic mass is 9.70. The Balaban J connectivity index is 2.84. The SMILES string of the molecule is CCCCC(C)(C)OOC1(OOC(C)(C)CCCC)CCC(C)(C)CC1C. The zero-order valence-electron chi connectivity index (χ0n) is 19.6. The first-order chi connectivity index (χ1) is 12.4. The molecule has 1 aliphatic carbocycles. The lowest BCUT2D eigenvalue weighted by molar-refractivity contribution is -0.559.